The van der Waals surface area contributed by atoms with E-state index >= 15 is 0 Å². The lowest BCUT2D eigenvalue weighted by Gasteiger charge is -2.19. The highest BCUT2D eigenvalue weighted by Crippen LogP contribution is 2.24. The van der Waals surface area contributed by atoms with E-state index in [2.05, 4.69) is 39.0 Å². The highest BCUT2D eigenvalue weighted by Gasteiger charge is 2.28. The summed E-state index contributed by atoms with van der Waals surface area (Å²) >= 11 is 0. The summed E-state index contributed by atoms with van der Waals surface area (Å²) in [6, 6.07) is 6.39. The van der Waals surface area contributed by atoms with Crippen molar-refractivity contribution in [3.63, 3.8) is 0 Å². The first-order chi connectivity index (χ1) is 8.06. The Hall–Kier alpha value is -0.860. The molecule has 94 valence electrons. The van der Waals surface area contributed by atoms with Gasteiger partial charge in [0.2, 0.25) is 0 Å². The van der Waals surface area contributed by atoms with Gasteiger partial charge in [0.1, 0.15) is 0 Å². The number of ether oxygens (including phenoxy) is 1. The van der Waals surface area contributed by atoms with Crippen molar-refractivity contribution in [2.24, 2.45) is 0 Å². The molecule has 1 fully saturated rings. The summed E-state index contributed by atoms with van der Waals surface area (Å²) in [5, 5.41) is 10.2. The Kier molecular flexibility index (Phi) is 3.85. The Morgan fingerprint density at radius 2 is 2.12 bits per heavy atom. The lowest BCUT2D eigenvalue weighted by Crippen LogP contribution is -2.28. The maximum absolute atomic E-state index is 10.2. The zero-order valence-corrected chi connectivity index (χ0v) is 10.9. The quantitative estimate of drug-likeness (QED) is 0.871. The molecule has 1 aromatic carbocycles. The highest BCUT2D eigenvalue weighted by molar-refractivity contribution is 5.31. The van der Waals surface area contributed by atoms with Crippen molar-refractivity contribution in [1.82, 2.24) is 0 Å². The summed E-state index contributed by atoms with van der Waals surface area (Å²) in [5.41, 5.74) is 3.74. The molecule has 17 heavy (non-hydrogen) atoms. The lowest BCUT2D eigenvalue weighted by atomic mass is 9.97. The van der Waals surface area contributed by atoms with Crippen LogP contribution in [0.2, 0.25) is 0 Å². The number of aliphatic hydroxyl groups is 1. The molecule has 0 saturated carbocycles. The van der Waals surface area contributed by atoms with Crippen molar-refractivity contribution >= 4 is 0 Å². The third-order valence-corrected chi connectivity index (χ3v) is 3.63. The largest absolute Gasteiger partial charge is 0.390 e. The maximum Gasteiger partial charge on any atom is 0.0842 e. The monoisotopic (exact) mass is 234 g/mol. The van der Waals surface area contributed by atoms with Crippen LogP contribution in [0.15, 0.2) is 18.2 Å². The second kappa shape index (κ2) is 5.19. The van der Waals surface area contributed by atoms with Gasteiger partial charge in [0.05, 0.1) is 18.3 Å². The van der Waals surface area contributed by atoms with Gasteiger partial charge in [-0.15, -0.1) is 0 Å². The molecule has 1 aliphatic rings. The Morgan fingerprint density at radius 3 is 2.76 bits per heavy atom. The van der Waals surface area contributed by atoms with E-state index in [1.165, 1.54) is 16.7 Å². The molecule has 2 nitrogen and oxygen atoms in total. The Morgan fingerprint density at radius 1 is 1.35 bits per heavy atom. The van der Waals surface area contributed by atoms with Gasteiger partial charge < -0.3 is 9.84 Å². The average Bonchev–Trinajstić information content (AvgIpc) is 2.70. The van der Waals surface area contributed by atoms with E-state index in [1.54, 1.807) is 0 Å². The van der Waals surface area contributed by atoms with Crippen LogP contribution in [0.3, 0.4) is 0 Å². The van der Waals surface area contributed by atoms with Gasteiger partial charge >= 0.3 is 0 Å². The standard InChI is InChI=1S/C15H22O2/c1-10-4-5-11(2)13(8-10)9-14(16)15-7-6-12(3)17-15/h4-5,8,12,14-16H,6-7,9H2,1-3H3. The Labute approximate surface area is 104 Å². The van der Waals surface area contributed by atoms with Crippen LogP contribution >= 0.6 is 0 Å². The second-order valence-corrected chi connectivity index (χ2v) is 5.26. The van der Waals surface area contributed by atoms with Crippen LogP contribution < -0.4 is 0 Å². The van der Waals surface area contributed by atoms with Crippen LogP contribution in [0.4, 0.5) is 0 Å². The van der Waals surface area contributed by atoms with Crippen LogP contribution in [0, 0.1) is 13.8 Å². The second-order valence-electron chi connectivity index (χ2n) is 5.26. The fraction of sp³-hybridized carbons (Fsp3) is 0.600. The van der Waals surface area contributed by atoms with Gasteiger partial charge in [-0.1, -0.05) is 23.8 Å². The normalized spacial score (nSPS) is 26.1. The molecule has 0 amide bonds. The molecule has 1 saturated heterocycles. The minimum atomic E-state index is -0.375. The summed E-state index contributed by atoms with van der Waals surface area (Å²) in [4.78, 5) is 0. The lowest BCUT2D eigenvalue weighted by molar-refractivity contribution is -0.0279. The molecule has 3 atom stereocenters. The van der Waals surface area contributed by atoms with E-state index in [-0.39, 0.29) is 12.2 Å². The van der Waals surface area contributed by atoms with E-state index in [9.17, 15) is 5.11 Å². The molecule has 0 aromatic heterocycles. The van der Waals surface area contributed by atoms with E-state index in [0.29, 0.717) is 12.5 Å². The maximum atomic E-state index is 10.2. The third kappa shape index (κ3) is 3.08. The smallest absolute Gasteiger partial charge is 0.0842 e. The van der Waals surface area contributed by atoms with E-state index in [0.717, 1.165) is 12.8 Å². The van der Waals surface area contributed by atoms with Crippen LogP contribution in [-0.2, 0) is 11.2 Å². The van der Waals surface area contributed by atoms with Gasteiger partial charge in [-0.25, -0.2) is 0 Å². The fourth-order valence-corrected chi connectivity index (χ4v) is 2.49. The SMILES string of the molecule is Cc1ccc(C)c(CC(O)C2CCC(C)O2)c1. The number of aryl methyl sites for hydroxylation is 2. The number of aliphatic hydroxyl groups excluding tert-OH is 1. The molecule has 0 aliphatic carbocycles. The molecule has 3 unspecified atom stereocenters. The summed E-state index contributed by atoms with van der Waals surface area (Å²) in [6.45, 7) is 6.26. The Balaban J connectivity index is 2.02. The van der Waals surface area contributed by atoms with Crippen molar-refractivity contribution < 1.29 is 9.84 Å². The fourth-order valence-electron chi connectivity index (χ4n) is 2.49. The predicted molar refractivity (Wildman–Crippen MR) is 69.2 cm³/mol. The molecule has 1 aromatic rings. The number of benzene rings is 1. The molecule has 0 radical (unpaired) electrons. The van der Waals surface area contributed by atoms with E-state index < -0.39 is 0 Å². The van der Waals surface area contributed by atoms with Crippen LogP contribution in [0.5, 0.6) is 0 Å². The van der Waals surface area contributed by atoms with Crippen molar-refractivity contribution in [2.75, 3.05) is 0 Å². The van der Waals surface area contributed by atoms with Crippen molar-refractivity contribution in [1.29, 1.82) is 0 Å². The number of hydrogen-bond donors (Lipinski definition) is 1. The molecular weight excluding hydrogens is 212 g/mol. The molecule has 2 rings (SSSR count). The van der Waals surface area contributed by atoms with Crippen molar-refractivity contribution in [3.8, 4) is 0 Å². The van der Waals surface area contributed by atoms with Gasteiger partial charge in [0.15, 0.2) is 0 Å². The first kappa shape index (κ1) is 12.6. The molecule has 0 bridgehead atoms. The van der Waals surface area contributed by atoms with Crippen molar-refractivity contribution in [2.45, 2.75) is 58.3 Å². The molecule has 1 heterocycles. The van der Waals surface area contributed by atoms with Crippen LogP contribution in [0.25, 0.3) is 0 Å². The average molecular weight is 234 g/mol. The summed E-state index contributed by atoms with van der Waals surface area (Å²) in [7, 11) is 0. The third-order valence-electron chi connectivity index (χ3n) is 3.63. The van der Waals surface area contributed by atoms with Crippen LogP contribution in [-0.4, -0.2) is 23.4 Å². The molecule has 1 N–H and O–H groups in total. The number of rotatable bonds is 3. The number of hydrogen-bond acceptors (Lipinski definition) is 2. The first-order valence-electron chi connectivity index (χ1n) is 6.46. The van der Waals surface area contributed by atoms with Gasteiger partial charge in [0.25, 0.3) is 0 Å². The van der Waals surface area contributed by atoms with E-state index in [1.807, 2.05) is 0 Å². The minimum Gasteiger partial charge on any atom is -0.390 e. The Bertz CT molecular complexity index is 387. The molecular formula is C15H22O2. The summed E-state index contributed by atoms with van der Waals surface area (Å²) in [6.07, 6.45) is 2.69. The zero-order valence-electron chi connectivity index (χ0n) is 10.9. The first-order valence-corrected chi connectivity index (χ1v) is 6.46. The highest BCUT2D eigenvalue weighted by atomic mass is 16.5. The minimum absolute atomic E-state index is 0.0184. The van der Waals surface area contributed by atoms with Gasteiger partial charge in [-0.3, -0.25) is 0 Å². The molecule has 1 aliphatic heterocycles. The van der Waals surface area contributed by atoms with Gasteiger partial charge in [-0.05, 0) is 44.7 Å². The zero-order chi connectivity index (χ0) is 12.4. The topological polar surface area (TPSA) is 29.5 Å². The summed E-state index contributed by atoms with van der Waals surface area (Å²) in [5.74, 6) is 0. The van der Waals surface area contributed by atoms with Crippen LogP contribution in [0.1, 0.15) is 36.5 Å². The summed E-state index contributed by atoms with van der Waals surface area (Å²) < 4.78 is 5.72. The molecule has 2 heteroatoms. The predicted octanol–water partition coefficient (Wildman–Crippen LogP) is 2.77. The van der Waals surface area contributed by atoms with Gasteiger partial charge in [0, 0.05) is 6.42 Å². The van der Waals surface area contributed by atoms with Crippen molar-refractivity contribution in [3.05, 3.63) is 34.9 Å². The molecule has 0 spiro atoms. The van der Waals surface area contributed by atoms with Gasteiger partial charge in [-0.2, -0.15) is 0 Å². The van der Waals surface area contributed by atoms with E-state index in [4.69, 9.17) is 4.74 Å².